The first-order chi connectivity index (χ1) is 7.13. The highest BCUT2D eigenvalue weighted by Crippen LogP contribution is 2.13. The van der Waals surface area contributed by atoms with E-state index >= 15 is 0 Å². The first-order valence-electron chi connectivity index (χ1n) is 5.03. The lowest BCUT2D eigenvalue weighted by molar-refractivity contribution is 0.104. The summed E-state index contributed by atoms with van der Waals surface area (Å²) in [4.78, 5) is 11.2. The minimum absolute atomic E-state index is 0.0644. The summed E-state index contributed by atoms with van der Waals surface area (Å²) in [6.45, 7) is 8.31. The zero-order chi connectivity index (χ0) is 11.3. The zero-order valence-electron chi connectivity index (χ0n) is 9.19. The fraction of sp³-hybridized carbons (Fsp3) is 0.308. The van der Waals surface area contributed by atoms with Gasteiger partial charge < -0.3 is 4.74 Å². The minimum Gasteiger partial charge on any atom is -0.493 e. The Morgan fingerprint density at radius 1 is 1.40 bits per heavy atom. The average molecular weight is 204 g/mol. The van der Waals surface area contributed by atoms with Crippen LogP contribution in [0.2, 0.25) is 0 Å². The SMILES string of the molecule is C=CC(=O)c1ccc(OCC(C)C)cc1. The molecule has 0 aromatic heterocycles. The number of hydrogen-bond donors (Lipinski definition) is 0. The molecule has 0 spiro atoms. The first-order valence-corrected chi connectivity index (χ1v) is 5.03. The predicted octanol–water partition coefficient (Wildman–Crippen LogP) is 3.09. The monoisotopic (exact) mass is 204 g/mol. The molecule has 2 heteroatoms. The molecule has 0 radical (unpaired) electrons. The van der Waals surface area contributed by atoms with Crippen LogP contribution in [-0.2, 0) is 0 Å². The molecule has 0 atom stereocenters. The summed E-state index contributed by atoms with van der Waals surface area (Å²) in [5.74, 6) is 1.23. The van der Waals surface area contributed by atoms with Crippen molar-refractivity contribution in [3.8, 4) is 5.75 Å². The number of allylic oxidation sites excluding steroid dienone is 1. The van der Waals surface area contributed by atoms with E-state index in [1.54, 1.807) is 24.3 Å². The molecule has 0 saturated carbocycles. The van der Waals surface area contributed by atoms with Crippen molar-refractivity contribution in [1.29, 1.82) is 0 Å². The average Bonchev–Trinajstić information content (AvgIpc) is 2.26. The number of carbonyl (C=O) groups excluding carboxylic acids is 1. The van der Waals surface area contributed by atoms with Gasteiger partial charge in [0.05, 0.1) is 6.61 Å². The molecular formula is C13H16O2. The largest absolute Gasteiger partial charge is 0.493 e. The van der Waals surface area contributed by atoms with Gasteiger partial charge in [0.15, 0.2) is 5.78 Å². The van der Waals surface area contributed by atoms with Gasteiger partial charge in [-0.2, -0.15) is 0 Å². The van der Waals surface area contributed by atoms with Crippen LogP contribution >= 0.6 is 0 Å². The summed E-state index contributed by atoms with van der Waals surface area (Å²) in [5, 5.41) is 0. The van der Waals surface area contributed by atoms with Crippen LogP contribution in [0.3, 0.4) is 0 Å². The molecule has 15 heavy (non-hydrogen) atoms. The Hall–Kier alpha value is -1.57. The highest BCUT2D eigenvalue weighted by molar-refractivity contribution is 6.04. The van der Waals surface area contributed by atoms with E-state index in [0.29, 0.717) is 18.1 Å². The van der Waals surface area contributed by atoms with Gasteiger partial charge in [-0.1, -0.05) is 20.4 Å². The zero-order valence-corrected chi connectivity index (χ0v) is 9.19. The van der Waals surface area contributed by atoms with Gasteiger partial charge >= 0.3 is 0 Å². The molecule has 0 heterocycles. The van der Waals surface area contributed by atoms with Crippen LogP contribution in [-0.4, -0.2) is 12.4 Å². The Morgan fingerprint density at radius 2 is 2.00 bits per heavy atom. The van der Waals surface area contributed by atoms with Gasteiger partial charge in [-0.05, 0) is 36.3 Å². The van der Waals surface area contributed by atoms with E-state index in [1.807, 2.05) is 0 Å². The number of hydrogen-bond acceptors (Lipinski definition) is 2. The van der Waals surface area contributed by atoms with Gasteiger partial charge in [0, 0.05) is 5.56 Å². The Balaban J connectivity index is 2.64. The predicted molar refractivity (Wildman–Crippen MR) is 61.3 cm³/mol. The standard InChI is InChI=1S/C13H16O2/c1-4-13(14)11-5-7-12(8-6-11)15-9-10(2)3/h4-8,10H,1,9H2,2-3H3. The number of carbonyl (C=O) groups is 1. The molecule has 1 rings (SSSR count). The van der Waals surface area contributed by atoms with E-state index in [9.17, 15) is 4.79 Å². The highest BCUT2D eigenvalue weighted by atomic mass is 16.5. The molecule has 0 unspecified atom stereocenters. The number of rotatable bonds is 5. The molecule has 1 aromatic rings. The molecule has 0 saturated heterocycles. The van der Waals surface area contributed by atoms with Crippen molar-refractivity contribution in [2.45, 2.75) is 13.8 Å². The van der Waals surface area contributed by atoms with Crippen LogP contribution in [0.25, 0.3) is 0 Å². The van der Waals surface area contributed by atoms with E-state index in [0.717, 1.165) is 5.75 Å². The van der Waals surface area contributed by atoms with Crippen LogP contribution in [0.15, 0.2) is 36.9 Å². The molecule has 0 fully saturated rings. The van der Waals surface area contributed by atoms with Gasteiger partial charge in [-0.15, -0.1) is 0 Å². The quantitative estimate of drug-likeness (QED) is 0.544. The van der Waals surface area contributed by atoms with Gasteiger partial charge in [-0.25, -0.2) is 0 Å². The molecule has 0 aliphatic heterocycles. The molecular weight excluding hydrogens is 188 g/mol. The minimum atomic E-state index is -0.0644. The normalized spacial score (nSPS) is 10.1. The van der Waals surface area contributed by atoms with E-state index in [-0.39, 0.29) is 5.78 Å². The Morgan fingerprint density at radius 3 is 2.47 bits per heavy atom. The maximum atomic E-state index is 11.2. The molecule has 80 valence electrons. The Kier molecular flexibility index (Phi) is 4.10. The molecule has 0 aliphatic carbocycles. The fourth-order valence-corrected chi connectivity index (χ4v) is 1.10. The lowest BCUT2D eigenvalue weighted by atomic mass is 10.1. The van der Waals surface area contributed by atoms with Gasteiger partial charge in [0.2, 0.25) is 0 Å². The molecule has 1 aromatic carbocycles. The van der Waals surface area contributed by atoms with Crippen LogP contribution in [0, 0.1) is 5.92 Å². The van der Waals surface area contributed by atoms with Gasteiger partial charge in [-0.3, -0.25) is 4.79 Å². The number of ether oxygens (including phenoxy) is 1. The van der Waals surface area contributed by atoms with Crippen molar-refractivity contribution < 1.29 is 9.53 Å². The third kappa shape index (κ3) is 3.58. The third-order valence-electron chi connectivity index (χ3n) is 1.91. The first kappa shape index (κ1) is 11.5. The number of benzene rings is 1. The smallest absolute Gasteiger partial charge is 0.185 e. The fourth-order valence-electron chi connectivity index (χ4n) is 1.10. The summed E-state index contributed by atoms with van der Waals surface area (Å²) in [7, 11) is 0. The van der Waals surface area contributed by atoms with Crippen LogP contribution in [0.5, 0.6) is 5.75 Å². The summed E-state index contributed by atoms with van der Waals surface area (Å²) in [6, 6.07) is 7.11. The van der Waals surface area contributed by atoms with Crippen LogP contribution < -0.4 is 4.74 Å². The molecule has 0 N–H and O–H groups in total. The summed E-state index contributed by atoms with van der Waals surface area (Å²) in [5.41, 5.74) is 0.641. The second-order valence-electron chi connectivity index (χ2n) is 3.80. The number of ketones is 1. The van der Waals surface area contributed by atoms with Gasteiger partial charge in [0.25, 0.3) is 0 Å². The summed E-state index contributed by atoms with van der Waals surface area (Å²) < 4.78 is 5.50. The lowest BCUT2D eigenvalue weighted by Gasteiger charge is -2.08. The lowest BCUT2D eigenvalue weighted by Crippen LogP contribution is -2.04. The second kappa shape index (κ2) is 5.35. The van der Waals surface area contributed by atoms with Crippen molar-refractivity contribution in [2.75, 3.05) is 6.61 Å². The summed E-state index contributed by atoms with van der Waals surface area (Å²) in [6.07, 6.45) is 1.31. The highest BCUT2D eigenvalue weighted by Gasteiger charge is 2.01. The topological polar surface area (TPSA) is 26.3 Å². The van der Waals surface area contributed by atoms with E-state index in [1.165, 1.54) is 6.08 Å². The van der Waals surface area contributed by atoms with E-state index in [2.05, 4.69) is 20.4 Å². The second-order valence-corrected chi connectivity index (χ2v) is 3.80. The van der Waals surface area contributed by atoms with Crippen molar-refractivity contribution >= 4 is 5.78 Å². The summed E-state index contributed by atoms with van der Waals surface area (Å²) >= 11 is 0. The molecule has 0 aliphatic rings. The van der Waals surface area contributed by atoms with Crippen molar-refractivity contribution in [2.24, 2.45) is 5.92 Å². The van der Waals surface area contributed by atoms with Crippen molar-refractivity contribution in [3.63, 3.8) is 0 Å². The molecule has 0 bridgehead atoms. The van der Waals surface area contributed by atoms with E-state index < -0.39 is 0 Å². The maximum Gasteiger partial charge on any atom is 0.185 e. The molecule has 2 nitrogen and oxygen atoms in total. The molecule has 0 amide bonds. The van der Waals surface area contributed by atoms with E-state index in [4.69, 9.17) is 4.74 Å². The van der Waals surface area contributed by atoms with Crippen molar-refractivity contribution in [3.05, 3.63) is 42.5 Å². The Bertz CT molecular complexity index is 336. The van der Waals surface area contributed by atoms with Crippen LogP contribution in [0.4, 0.5) is 0 Å². The Labute approximate surface area is 90.6 Å². The van der Waals surface area contributed by atoms with Gasteiger partial charge in [0.1, 0.15) is 5.75 Å². The van der Waals surface area contributed by atoms with Crippen molar-refractivity contribution in [1.82, 2.24) is 0 Å². The van der Waals surface area contributed by atoms with Crippen LogP contribution in [0.1, 0.15) is 24.2 Å². The maximum absolute atomic E-state index is 11.2. The third-order valence-corrected chi connectivity index (χ3v) is 1.91.